The minimum Gasteiger partial charge on any atom is -0.469 e. The highest BCUT2D eigenvalue weighted by atomic mass is 16.5. The summed E-state index contributed by atoms with van der Waals surface area (Å²) in [7, 11) is 1.36. The molecule has 0 aromatic heterocycles. The SMILES string of the molecule is CCOCCN1CC[C@@H](O)[C@@H](C(=O)OC)C1. The highest BCUT2D eigenvalue weighted by Crippen LogP contribution is 2.18. The summed E-state index contributed by atoms with van der Waals surface area (Å²) >= 11 is 0. The maximum atomic E-state index is 11.4. The van der Waals surface area contributed by atoms with Crippen LogP contribution >= 0.6 is 0 Å². The normalized spacial score (nSPS) is 26.7. The summed E-state index contributed by atoms with van der Waals surface area (Å²) in [6.07, 6.45) is 0.0436. The number of carbonyl (C=O) groups excluding carboxylic acids is 1. The molecule has 0 aromatic carbocycles. The van der Waals surface area contributed by atoms with Crippen LogP contribution in [0.25, 0.3) is 0 Å². The molecule has 16 heavy (non-hydrogen) atoms. The Morgan fingerprint density at radius 3 is 2.94 bits per heavy atom. The Kier molecular flexibility index (Phi) is 5.73. The summed E-state index contributed by atoms with van der Waals surface area (Å²) in [6.45, 7) is 5.49. The van der Waals surface area contributed by atoms with Gasteiger partial charge in [-0.2, -0.15) is 0 Å². The number of carbonyl (C=O) groups is 1. The van der Waals surface area contributed by atoms with Gasteiger partial charge >= 0.3 is 5.97 Å². The predicted octanol–water partition coefficient (Wildman–Crippen LogP) is -0.121. The highest BCUT2D eigenvalue weighted by molar-refractivity contribution is 5.73. The first kappa shape index (κ1) is 13.4. The third-order valence-corrected chi connectivity index (χ3v) is 2.92. The molecule has 1 aliphatic heterocycles. The van der Waals surface area contributed by atoms with Crippen molar-refractivity contribution in [2.45, 2.75) is 19.4 Å². The topological polar surface area (TPSA) is 59.0 Å². The van der Waals surface area contributed by atoms with Crippen LogP contribution in [0.5, 0.6) is 0 Å². The average molecular weight is 231 g/mol. The van der Waals surface area contributed by atoms with Gasteiger partial charge in [-0.25, -0.2) is 0 Å². The van der Waals surface area contributed by atoms with E-state index in [-0.39, 0.29) is 5.97 Å². The van der Waals surface area contributed by atoms with E-state index in [1.807, 2.05) is 6.92 Å². The van der Waals surface area contributed by atoms with Gasteiger partial charge in [0.25, 0.3) is 0 Å². The van der Waals surface area contributed by atoms with Gasteiger partial charge in [0.05, 0.1) is 25.7 Å². The van der Waals surface area contributed by atoms with Gasteiger partial charge in [0, 0.05) is 26.2 Å². The second-order valence-corrected chi connectivity index (χ2v) is 3.98. The zero-order chi connectivity index (χ0) is 12.0. The first-order valence-electron chi connectivity index (χ1n) is 5.75. The average Bonchev–Trinajstić information content (AvgIpc) is 2.30. The number of aliphatic hydroxyl groups is 1. The van der Waals surface area contributed by atoms with Crippen molar-refractivity contribution in [3.63, 3.8) is 0 Å². The Morgan fingerprint density at radius 2 is 2.31 bits per heavy atom. The lowest BCUT2D eigenvalue weighted by molar-refractivity contribution is -0.152. The van der Waals surface area contributed by atoms with Crippen molar-refractivity contribution in [2.75, 3.05) is 40.0 Å². The molecule has 0 radical (unpaired) electrons. The molecule has 1 aliphatic rings. The lowest BCUT2D eigenvalue weighted by Gasteiger charge is -2.34. The van der Waals surface area contributed by atoms with Gasteiger partial charge in [-0.3, -0.25) is 9.69 Å². The Bertz CT molecular complexity index is 222. The maximum absolute atomic E-state index is 11.4. The molecule has 0 unspecified atom stereocenters. The van der Waals surface area contributed by atoms with Crippen LogP contribution < -0.4 is 0 Å². The Morgan fingerprint density at radius 1 is 1.56 bits per heavy atom. The van der Waals surface area contributed by atoms with Crippen molar-refractivity contribution in [1.29, 1.82) is 0 Å². The van der Waals surface area contributed by atoms with Crippen LogP contribution in [0.2, 0.25) is 0 Å². The molecule has 1 heterocycles. The Labute approximate surface area is 96.3 Å². The zero-order valence-electron chi connectivity index (χ0n) is 10.0. The first-order chi connectivity index (χ1) is 7.69. The van der Waals surface area contributed by atoms with Gasteiger partial charge in [0.15, 0.2) is 0 Å². The number of methoxy groups -OCH3 is 1. The predicted molar refractivity (Wildman–Crippen MR) is 59.1 cm³/mol. The number of esters is 1. The summed E-state index contributed by atoms with van der Waals surface area (Å²) in [5.41, 5.74) is 0. The molecule has 0 spiro atoms. The van der Waals surface area contributed by atoms with E-state index in [1.165, 1.54) is 7.11 Å². The molecule has 2 atom stereocenters. The summed E-state index contributed by atoms with van der Waals surface area (Å²) in [5.74, 6) is -0.742. The molecule has 0 bridgehead atoms. The molecular formula is C11H21NO4. The molecule has 1 N–H and O–H groups in total. The quantitative estimate of drug-likeness (QED) is 0.528. The molecule has 5 nitrogen and oxygen atoms in total. The van der Waals surface area contributed by atoms with E-state index in [2.05, 4.69) is 9.64 Å². The van der Waals surface area contributed by atoms with E-state index in [1.54, 1.807) is 0 Å². The number of nitrogens with zero attached hydrogens (tertiary/aromatic N) is 1. The van der Waals surface area contributed by atoms with Gasteiger partial charge in [-0.1, -0.05) is 0 Å². The molecular weight excluding hydrogens is 210 g/mol. The fraction of sp³-hybridized carbons (Fsp3) is 0.909. The minimum atomic E-state index is -0.573. The van der Waals surface area contributed by atoms with Gasteiger partial charge in [0.1, 0.15) is 0 Å². The summed E-state index contributed by atoms with van der Waals surface area (Å²) in [4.78, 5) is 13.5. The molecule has 1 fully saturated rings. The standard InChI is InChI=1S/C11H21NO4/c1-3-16-7-6-12-5-4-10(13)9(8-12)11(14)15-2/h9-10,13H,3-8H2,1-2H3/t9-,10+/m0/s1. The molecule has 94 valence electrons. The number of piperidine rings is 1. The third kappa shape index (κ3) is 3.73. The highest BCUT2D eigenvalue weighted by Gasteiger charge is 2.33. The summed E-state index contributed by atoms with van der Waals surface area (Å²) < 4.78 is 9.94. The fourth-order valence-corrected chi connectivity index (χ4v) is 1.93. The van der Waals surface area contributed by atoms with Crippen LogP contribution in [0.3, 0.4) is 0 Å². The largest absolute Gasteiger partial charge is 0.469 e. The molecule has 0 aromatic rings. The molecule has 1 saturated heterocycles. The van der Waals surface area contributed by atoms with E-state index >= 15 is 0 Å². The van der Waals surface area contributed by atoms with Gasteiger partial charge in [-0.05, 0) is 13.3 Å². The third-order valence-electron chi connectivity index (χ3n) is 2.92. The van der Waals surface area contributed by atoms with E-state index in [4.69, 9.17) is 4.74 Å². The lowest BCUT2D eigenvalue weighted by Crippen LogP contribution is -2.47. The monoisotopic (exact) mass is 231 g/mol. The van der Waals surface area contributed by atoms with E-state index in [0.717, 1.165) is 13.1 Å². The minimum absolute atomic E-state index is 0.325. The molecule has 5 heteroatoms. The van der Waals surface area contributed by atoms with Gasteiger partial charge in [0.2, 0.25) is 0 Å². The lowest BCUT2D eigenvalue weighted by atomic mass is 9.95. The van der Waals surface area contributed by atoms with Crippen molar-refractivity contribution in [2.24, 2.45) is 5.92 Å². The maximum Gasteiger partial charge on any atom is 0.312 e. The van der Waals surface area contributed by atoms with Crippen LogP contribution in [0.15, 0.2) is 0 Å². The van der Waals surface area contributed by atoms with Crippen LogP contribution in [0, 0.1) is 5.92 Å². The Hall–Kier alpha value is -0.650. The molecule has 0 amide bonds. The number of hydrogen-bond acceptors (Lipinski definition) is 5. The van der Waals surface area contributed by atoms with Crippen molar-refractivity contribution < 1.29 is 19.4 Å². The van der Waals surface area contributed by atoms with E-state index in [0.29, 0.717) is 26.2 Å². The number of aliphatic hydroxyl groups excluding tert-OH is 1. The number of hydrogen-bond donors (Lipinski definition) is 1. The number of rotatable bonds is 5. The fourth-order valence-electron chi connectivity index (χ4n) is 1.93. The van der Waals surface area contributed by atoms with Crippen LogP contribution in [-0.2, 0) is 14.3 Å². The van der Waals surface area contributed by atoms with Crippen molar-refractivity contribution in [3.8, 4) is 0 Å². The van der Waals surface area contributed by atoms with Gasteiger partial charge in [-0.15, -0.1) is 0 Å². The molecule has 1 rings (SSSR count). The van der Waals surface area contributed by atoms with Crippen molar-refractivity contribution >= 4 is 5.97 Å². The van der Waals surface area contributed by atoms with Gasteiger partial charge < -0.3 is 14.6 Å². The summed E-state index contributed by atoms with van der Waals surface area (Å²) in [5, 5.41) is 9.70. The number of likely N-dealkylation sites (tertiary alicyclic amines) is 1. The number of ether oxygens (including phenoxy) is 2. The smallest absolute Gasteiger partial charge is 0.312 e. The van der Waals surface area contributed by atoms with Crippen molar-refractivity contribution in [1.82, 2.24) is 4.90 Å². The first-order valence-corrected chi connectivity index (χ1v) is 5.75. The van der Waals surface area contributed by atoms with Crippen LogP contribution in [0.4, 0.5) is 0 Å². The molecule has 0 saturated carbocycles. The molecule has 0 aliphatic carbocycles. The van der Waals surface area contributed by atoms with Crippen LogP contribution in [0.1, 0.15) is 13.3 Å². The second-order valence-electron chi connectivity index (χ2n) is 3.98. The van der Waals surface area contributed by atoms with E-state index in [9.17, 15) is 9.90 Å². The zero-order valence-corrected chi connectivity index (χ0v) is 10.0. The summed E-state index contributed by atoms with van der Waals surface area (Å²) in [6, 6.07) is 0. The second kappa shape index (κ2) is 6.83. The van der Waals surface area contributed by atoms with E-state index < -0.39 is 12.0 Å². The van der Waals surface area contributed by atoms with Crippen LogP contribution in [-0.4, -0.2) is 62.0 Å². The Balaban J connectivity index is 2.38. The van der Waals surface area contributed by atoms with Crippen molar-refractivity contribution in [3.05, 3.63) is 0 Å².